The van der Waals surface area contributed by atoms with Crippen LogP contribution in [0.4, 0.5) is 17.1 Å². The van der Waals surface area contributed by atoms with Gasteiger partial charge >= 0.3 is 0 Å². The van der Waals surface area contributed by atoms with Gasteiger partial charge in [-0.2, -0.15) is 43.9 Å². The second-order valence-corrected chi connectivity index (χ2v) is 17.5. The van der Waals surface area contributed by atoms with E-state index in [-0.39, 0.29) is 22.5 Å². The maximum atomic E-state index is 13.3. The Bertz CT molecular complexity index is 3080. The Balaban J connectivity index is 1.25. The number of carbonyl (C=O) groups is 2. The van der Waals surface area contributed by atoms with Gasteiger partial charge in [-0.05, 0) is 71.3 Å². The molecule has 0 aromatic heterocycles. The number of aromatic hydroxyl groups is 2. The summed E-state index contributed by atoms with van der Waals surface area (Å²) in [6, 6.07) is 11.1. The fraction of sp³-hybridized carbons (Fsp3) is 0. The molecule has 2 aliphatic rings. The van der Waals surface area contributed by atoms with Crippen molar-refractivity contribution in [3.8, 4) is 22.6 Å². The number of hydrazone groups is 2. The van der Waals surface area contributed by atoms with Crippen molar-refractivity contribution in [1.29, 1.82) is 0 Å². The molecular weight excluding hydrogens is 839 g/mol. The van der Waals surface area contributed by atoms with Crippen LogP contribution in [0.5, 0.6) is 11.5 Å². The average molecular weight is 862 g/mol. The Kier molecular flexibility index (Phi) is 9.91. The number of ketones is 2. The van der Waals surface area contributed by atoms with E-state index < -0.39 is 111 Å². The Morgan fingerprint density at radius 2 is 1.16 bits per heavy atom. The summed E-state index contributed by atoms with van der Waals surface area (Å²) >= 11 is 0. The van der Waals surface area contributed by atoms with Gasteiger partial charge in [0.2, 0.25) is 11.6 Å². The quantitative estimate of drug-likeness (QED) is 0.0505. The molecule has 0 atom stereocenters. The number of benzene rings is 4. The van der Waals surface area contributed by atoms with Crippen molar-refractivity contribution < 1.29 is 71.7 Å². The van der Waals surface area contributed by atoms with Gasteiger partial charge in [0.15, 0.2) is 0 Å². The summed E-state index contributed by atoms with van der Waals surface area (Å²) in [4.78, 5) is 22.3. The lowest BCUT2D eigenvalue weighted by atomic mass is 9.93. The molecule has 57 heavy (non-hydrogen) atoms. The number of nitrogens with one attached hydrogen (secondary N) is 2. The average Bonchev–Trinajstić information content (AvgIpc) is 3.09. The normalized spacial score (nSPS) is 16.0. The molecule has 0 saturated carbocycles. The second kappa shape index (κ2) is 14.0. The van der Waals surface area contributed by atoms with Crippen molar-refractivity contribution >= 4 is 92.7 Å². The van der Waals surface area contributed by atoms with Crippen molar-refractivity contribution in [1.82, 2.24) is 0 Å². The number of phenols is 2. The lowest BCUT2D eigenvalue weighted by Gasteiger charge is -2.18. The Labute approximate surface area is 321 Å². The van der Waals surface area contributed by atoms with Gasteiger partial charge in [-0.1, -0.05) is 24.3 Å². The molecule has 0 fully saturated rings. The number of nitrogen functional groups attached to an aromatic ring is 1. The molecule has 2 aliphatic carbocycles. The maximum absolute atomic E-state index is 13.3. The highest BCUT2D eigenvalue weighted by Gasteiger charge is 2.35. The van der Waals surface area contributed by atoms with Gasteiger partial charge in [-0.25, -0.2) is 0 Å². The van der Waals surface area contributed by atoms with Crippen molar-refractivity contribution in [2.45, 2.75) is 14.7 Å². The highest BCUT2D eigenvalue weighted by Crippen LogP contribution is 2.37. The Morgan fingerprint density at radius 1 is 0.596 bits per heavy atom. The van der Waals surface area contributed by atoms with Crippen LogP contribution < -0.4 is 16.6 Å². The smallest absolute Gasteiger partial charge is 0.298 e. The van der Waals surface area contributed by atoms with E-state index in [9.17, 15) is 71.7 Å². The highest BCUT2D eigenvalue weighted by molar-refractivity contribution is 7.91. The molecule has 0 aliphatic heterocycles. The number of carbonyl (C=O) groups excluding carboxylic acids is 2. The van der Waals surface area contributed by atoms with Crippen LogP contribution >= 0.6 is 0 Å². The van der Waals surface area contributed by atoms with Crippen molar-refractivity contribution in [2.24, 2.45) is 10.2 Å². The Morgan fingerprint density at radius 3 is 1.67 bits per heavy atom. The first-order chi connectivity index (χ1) is 26.4. The number of allylic oxidation sites excluding steroid dienone is 2. The topological polar surface area (TPSA) is 367 Å². The summed E-state index contributed by atoms with van der Waals surface area (Å²) < 4.78 is 133. The number of nitrogens with two attached hydrogens (primary N) is 1. The lowest BCUT2D eigenvalue weighted by molar-refractivity contribution is -0.109. The summed E-state index contributed by atoms with van der Waals surface area (Å²) in [5, 5.41) is 29.2. The van der Waals surface area contributed by atoms with E-state index in [1.165, 1.54) is 36.4 Å². The Hall–Kier alpha value is -6.32. The zero-order chi connectivity index (χ0) is 42.0. The lowest BCUT2D eigenvalue weighted by Crippen LogP contribution is -2.27. The molecule has 25 heteroatoms. The maximum Gasteiger partial charge on any atom is 0.298 e. The molecule has 10 N–H and O–H groups in total. The first kappa shape index (κ1) is 40.3. The van der Waals surface area contributed by atoms with Crippen LogP contribution in [0.1, 0.15) is 27.0 Å². The molecule has 21 nitrogen and oxygen atoms in total. The fourth-order valence-electron chi connectivity index (χ4n) is 5.59. The van der Waals surface area contributed by atoms with Crippen molar-refractivity contribution in [3.05, 3.63) is 93.9 Å². The van der Waals surface area contributed by atoms with Gasteiger partial charge in [0.05, 0.1) is 27.5 Å². The summed E-state index contributed by atoms with van der Waals surface area (Å²) in [6.45, 7) is 0. The molecule has 0 unspecified atom stereocenters. The number of anilines is 3. The third-order valence-electron chi connectivity index (χ3n) is 8.25. The minimum atomic E-state index is -5.17. The van der Waals surface area contributed by atoms with Crippen LogP contribution in [0.15, 0.2) is 96.5 Å². The van der Waals surface area contributed by atoms with Crippen LogP contribution in [0, 0.1) is 0 Å². The third-order valence-corrected chi connectivity index (χ3v) is 11.7. The number of hydrogen-bond acceptors (Lipinski definition) is 17. The zero-order valence-corrected chi connectivity index (χ0v) is 31.1. The van der Waals surface area contributed by atoms with Gasteiger partial charge in [-0.3, -0.25) is 38.7 Å². The SMILES string of the molecule is Nc1c(S(=O)(=O)O)cc(S(=O)(=O)O)c2c1C(=O)/C(=N\Nc1ccc(-c3ccc(N/N=C4\C(=O)C(S(=O)(=O)O)=Cc5cc(S(=O)(=O)O)ccc54)c(O)c3)cc1O)C=C2. The van der Waals surface area contributed by atoms with Crippen LogP contribution in [-0.4, -0.2) is 85.1 Å². The van der Waals surface area contributed by atoms with E-state index in [0.29, 0.717) is 23.3 Å². The number of fused-ring (bicyclic) bond motifs is 2. The van der Waals surface area contributed by atoms with Gasteiger partial charge in [0.1, 0.15) is 37.6 Å². The second-order valence-electron chi connectivity index (χ2n) is 11.9. The molecule has 6 rings (SSSR count). The summed E-state index contributed by atoms with van der Waals surface area (Å²) in [5.41, 5.74) is 7.66. The molecule has 0 saturated heterocycles. The first-order valence-corrected chi connectivity index (χ1v) is 21.0. The van der Waals surface area contributed by atoms with E-state index in [2.05, 4.69) is 21.1 Å². The number of Topliss-reactive ketones (excluding diaryl/α,β-unsaturated/α-hetero) is 2. The van der Waals surface area contributed by atoms with E-state index in [1.54, 1.807) is 0 Å². The molecule has 0 heterocycles. The molecule has 4 aromatic rings. The van der Waals surface area contributed by atoms with Gasteiger partial charge in [0.25, 0.3) is 40.5 Å². The van der Waals surface area contributed by atoms with E-state index >= 15 is 0 Å². The van der Waals surface area contributed by atoms with Crippen LogP contribution in [0.2, 0.25) is 0 Å². The molecule has 0 amide bonds. The number of phenolic OH excluding ortho intramolecular Hbond substituents is 2. The molecule has 4 aromatic carbocycles. The van der Waals surface area contributed by atoms with Crippen molar-refractivity contribution in [3.63, 3.8) is 0 Å². The fourth-order valence-corrected chi connectivity index (χ4v) is 8.15. The van der Waals surface area contributed by atoms with Gasteiger partial charge in [-0.15, -0.1) is 0 Å². The summed E-state index contributed by atoms with van der Waals surface area (Å²) in [7, 11) is -20.2. The molecule has 296 valence electrons. The van der Waals surface area contributed by atoms with Gasteiger partial charge in [0, 0.05) is 11.1 Å². The monoisotopic (exact) mass is 861 g/mol. The standard InChI is InChI=1S/C32H23N5O16S4/c33-29-26(56(48,49)50)13-25(55(45,46)47)19-5-8-22(31(40)28(19)29)36-34-20-6-1-14(10-23(20)38)15-2-7-21(24(39)11-15)35-37-30-18-4-3-17(54(42,43)44)9-16(18)12-27(32(30)41)57(51,52)53/h1-13,34-35,38-39H,33H2,(H,42,43,44)(H,45,46,47)(H,48,49,50)(H,51,52,53)/b36-22-,37-30-. The van der Waals surface area contributed by atoms with E-state index in [1.807, 2.05) is 0 Å². The van der Waals surface area contributed by atoms with Crippen LogP contribution in [-0.2, 0) is 45.3 Å². The van der Waals surface area contributed by atoms with Crippen LogP contribution in [0.3, 0.4) is 0 Å². The predicted octanol–water partition coefficient (Wildman–Crippen LogP) is 2.39. The molecule has 0 radical (unpaired) electrons. The number of nitrogens with zero attached hydrogens (tertiary/aromatic N) is 2. The summed E-state index contributed by atoms with van der Waals surface area (Å²) in [5.74, 6) is -3.32. The summed E-state index contributed by atoms with van der Waals surface area (Å²) in [6.07, 6.45) is 2.72. The van der Waals surface area contributed by atoms with Crippen LogP contribution in [0.25, 0.3) is 23.3 Å². The first-order valence-electron chi connectivity index (χ1n) is 15.2. The molecule has 0 bridgehead atoms. The molecular formula is C32H23N5O16S4. The number of rotatable bonds is 9. The predicted molar refractivity (Wildman–Crippen MR) is 201 cm³/mol. The minimum Gasteiger partial charge on any atom is -0.506 e. The van der Waals surface area contributed by atoms with Gasteiger partial charge < -0.3 is 15.9 Å². The highest BCUT2D eigenvalue weighted by atomic mass is 32.2. The number of hydrogen-bond donors (Lipinski definition) is 9. The van der Waals surface area contributed by atoms with E-state index in [0.717, 1.165) is 30.4 Å². The zero-order valence-electron chi connectivity index (χ0n) is 27.9. The largest absolute Gasteiger partial charge is 0.506 e. The van der Waals surface area contributed by atoms with E-state index in [4.69, 9.17) is 5.73 Å². The third kappa shape index (κ3) is 7.89. The minimum absolute atomic E-state index is 0.0886. The molecule has 0 spiro atoms. The van der Waals surface area contributed by atoms with Crippen molar-refractivity contribution in [2.75, 3.05) is 16.6 Å².